The van der Waals surface area contributed by atoms with Crippen molar-refractivity contribution in [3.05, 3.63) is 58.6 Å². The predicted molar refractivity (Wildman–Crippen MR) is 103 cm³/mol. The van der Waals surface area contributed by atoms with E-state index in [1.807, 2.05) is 31.2 Å². The van der Waals surface area contributed by atoms with Crippen LogP contribution in [0.5, 0.6) is 5.75 Å². The van der Waals surface area contributed by atoms with Crippen LogP contribution in [0, 0.1) is 0 Å². The second kappa shape index (κ2) is 8.42. The summed E-state index contributed by atoms with van der Waals surface area (Å²) in [7, 11) is -1.85. The minimum Gasteiger partial charge on any atom is -0.497 e. The van der Waals surface area contributed by atoms with Gasteiger partial charge in [-0.3, -0.25) is 9.52 Å². The first-order chi connectivity index (χ1) is 12.2. The Morgan fingerprint density at radius 2 is 1.85 bits per heavy atom. The SMILES string of the molecule is CC[C@H](NC(=O)c1ccc(NS(C)(=O)=O)c(Cl)c1)c1ccc(OC)cc1. The second-order valence-electron chi connectivity index (χ2n) is 5.78. The van der Waals surface area contributed by atoms with Gasteiger partial charge in [0.15, 0.2) is 0 Å². The lowest BCUT2D eigenvalue weighted by Gasteiger charge is -2.18. The molecule has 0 heterocycles. The third-order valence-corrected chi connectivity index (χ3v) is 4.66. The van der Waals surface area contributed by atoms with Crippen molar-refractivity contribution in [2.45, 2.75) is 19.4 Å². The van der Waals surface area contributed by atoms with Gasteiger partial charge in [-0.15, -0.1) is 0 Å². The zero-order valence-corrected chi connectivity index (χ0v) is 16.3. The molecule has 1 atom stereocenters. The van der Waals surface area contributed by atoms with E-state index in [-0.39, 0.29) is 22.7 Å². The molecule has 0 fully saturated rings. The second-order valence-corrected chi connectivity index (χ2v) is 7.93. The number of methoxy groups -OCH3 is 1. The molecule has 2 aromatic carbocycles. The molecule has 1 amide bonds. The fourth-order valence-electron chi connectivity index (χ4n) is 2.44. The molecule has 0 saturated heterocycles. The molecule has 0 saturated carbocycles. The first kappa shape index (κ1) is 20.1. The van der Waals surface area contributed by atoms with Gasteiger partial charge in [-0.2, -0.15) is 0 Å². The van der Waals surface area contributed by atoms with Crippen LogP contribution in [-0.2, 0) is 10.0 Å². The molecule has 2 N–H and O–H groups in total. The molecule has 8 heteroatoms. The van der Waals surface area contributed by atoms with E-state index in [9.17, 15) is 13.2 Å². The van der Waals surface area contributed by atoms with Gasteiger partial charge in [0.25, 0.3) is 5.91 Å². The Morgan fingerprint density at radius 1 is 1.19 bits per heavy atom. The maximum Gasteiger partial charge on any atom is 0.251 e. The number of hydrogen-bond acceptors (Lipinski definition) is 4. The molecule has 0 bridgehead atoms. The van der Waals surface area contributed by atoms with Gasteiger partial charge < -0.3 is 10.1 Å². The maximum atomic E-state index is 12.5. The number of ether oxygens (including phenoxy) is 1. The predicted octanol–water partition coefficient (Wildman–Crippen LogP) is 3.60. The van der Waals surface area contributed by atoms with Crippen LogP contribution in [-0.4, -0.2) is 27.7 Å². The summed E-state index contributed by atoms with van der Waals surface area (Å²) >= 11 is 6.08. The monoisotopic (exact) mass is 396 g/mol. The molecule has 0 aliphatic heterocycles. The number of halogens is 1. The van der Waals surface area contributed by atoms with Gasteiger partial charge in [0.05, 0.1) is 30.1 Å². The van der Waals surface area contributed by atoms with Gasteiger partial charge in [-0.25, -0.2) is 8.42 Å². The van der Waals surface area contributed by atoms with Crippen molar-refractivity contribution >= 4 is 33.2 Å². The van der Waals surface area contributed by atoms with E-state index in [2.05, 4.69) is 10.0 Å². The number of amides is 1. The van der Waals surface area contributed by atoms with Crippen LogP contribution in [0.3, 0.4) is 0 Å². The highest BCUT2D eigenvalue weighted by Crippen LogP contribution is 2.25. The van der Waals surface area contributed by atoms with Gasteiger partial charge >= 0.3 is 0 Å². The average Bonchev–Trinajstić information content (AvgIpc) is 2.60. The highest BCUT2D eigenvalue weighted by molar-refractivity contribution is 7.92. The van der Waals surface area contributed by atoms with Crippen molar-refractivity contribution in [2.24, 2.45) is 0 Å². The number of nitrogens with one attached hydrogen (secondary N) is 2. The Bertz CT molecular complexity index is 883. The van der Waals surface area contributed by atoms with E-state index < -0.39 is 10.0 Å². The van der Waals surface area contributed by atoms with Crippen molar-refractivity contribution in [3.63, 3.8) is 0 Å². The molecule has 0 spiro atoms. The first-order valence-electron chi connectivity index (χ1n) is 7.95. The number of rotatable bonds is 7. The lowest BCUT2D eigenvalue weighted by atomic mass is 10.0. The van der Waals surface area contributed by atoms with Gasteiger partial charge in [-0.05, 0) is 42.3 Å². The lowest BCUT2D eigenvalue weighted by molar-refractivity contribution is 0.0935. The van der Waals surface area contributed by atoms with Crippen molar-refractivity contribution < 1.29 is 17.9 Å². The van der Waals surface area contributed by atoms with Gasteiger partial charge in [0.2, 0.25) is 10.0 Å². The average molecular weight is 397 g/mol. The zero-order valence-electron chi connectivity index (χ0n) is 14.7. The molecule has 0 radical (unpaired) electrons. The molecule has 2 rings (SSSR count). The summed E-state index contributed by atoms with van der Waals surface area (Å²) in [6.45, 7) is 1.97. The summed E-state index contributed by atoms with van der Waals surface area (Å²) < 4.78 is 30.0. The Morgan fingerprint density at radius 3 is 2.35 bits per heavy atom. The van der Waals surface area contributed by atoms with E-state index >= 15 is 0 Å². The summed E-state index contributed by atoms with van der Waals surface area (Å²) in [6, 6.07) is 11.7. The van der Waals surface area contributed by atoms with Crippen LogP contribution in [0.4, 0.5) is 5.69 Å². The Labute approximate surface area is 158 Å². The third-order valence-electron chi connectivity index (χ3n) is 3.76. The molecular weight excluding hydrogens is 376 g/mol. The molecular formula is C18H21ClN2O4S. The molecule has 0 aliphatic rings. The highest BCUT2D eigenvalue weighted by Gasteiger charge is 2.16. The van der Waals surface area contributed by atoms with Crippen LogP contribution < -0.4 is 14.8 Å². The largest absolute Gasteiger partial charge is 0.497 e. The topological polar surface area (TPSA) is 84.5 Å². The molecule has 0 unspecified atom stereocenters. The number of anilines is 1. The minimum absolute atomic E-state index is 0.153. The molecule has 6 nitrogen and oxygen atoms in total. The number of hydrogen-bond donors (Lipinski definition) is 2. The van der Waals surface area contributed by atoms with E-state index in [1.54, 1.807) is 7.11 Å². The summed E-state index contributed by atoms with van der Waals surface area (Å²) in [5, 5.41) is 3.11. The van der Waals surface area contributed by atoms with Crippen LogP contribution in [0.15, 0.2) is 42.5 Å². The summed E-state index contributed by atoms with van der Waals surface area (Å²) in [5.74, 6) is 0.455. The van der Waals surface area contributed by atoms with E-state index in [1.165, 1.54) is 18.2 Å². The molecule has 2 aromatic rings. The van der Waals surface area contributed by atoms with Crippen LogP contribution in [0.25, 0.3) is 0 Å². The number of carbonyl (C=O) groups excluding carboxylic acids is 1. The summed E-state index contributed by atoms with van der Waals surface area (Å²) in [6.07, 6.45) is 1.74. The highest BCUT2D eigenvalue weighted by atomic mass is 35.5. The maximum absolute atomic E-state index is 12.5. The molecule has 140 valence electrons. The standard InChI is InChI=1S/C18H21ClN2O4S/c1-4-16(12-5-8-14(25-2)9-6-12)20-18(22)13-7-10-17(15(19)11-13)21-26(3,23)24/h5-11,16,21H,4H2,1-3H3,(H,20,22)/t16-/m0/s1. The normalized spacial score (nSPS) is 12.3. The molecule has 0 aromatic heterocycles. The Balaban J connectivity index is 2.15. The van der Waals surface area contributed by atoms with Gasteiger partial charge in [0.1, 0.15) is 5.75 Å². The number of carbonyl (C=O) groups is 1. The van der Waals surface area contributed by atoms with E-state index in [4.69, 9.17) is 16.3 Å². The van der Waals surface area contributed by atoms with Crippen LogP contribution >= 0.6 is 11.6 Å². The fourth-order valence-corrected chi connectivity index (χ4v) is 3.30. The van der Waals surface area contributed by atoms with Crippen molar-refractivity contribution in [2.75, 3.05) is 18.1 Å². The van der Waals surface area contributed by atoms with Crippen LogP contribution in [0.1, 0.15) is 35.3 Å². The number of benzene rings is 2. The smallest absolute Gasteiger partial charge is 0.251 e. The summed E-state index contributed by atoms with van der Waals surface area (Å²) in [5.41, 5.74) is 1.54. The van der Waals surface area contributed by atoms with Gasteiger partial charge in [-0.1, -0.05) is 30.7 Å². The third kappa shape index (κ3) is 5.37. The minimum atomic E-state index is -3.44. The summed E-state index contributed by atoms with van der Waals surface area (Å²) in [4.78, 5) is 12.5. The first-order valence-corrected chi connectivity index (χ1v) is 10.2. The Kier molecular flexibility index (Phi) is 6.50. The van der Waals surface area contributed by atoms with E-state index in [0.29, 0.717) is 12.0 Å². The van der Waals surface area contributed by atoms with E-state index in [0.717, 1.165) is 17.6 Å². The number of sulfonamides is 1. The molecule has 26 heavy (non-hydrogen) atoms. The quantitative estimate of drug-likeness (QED) is 0.748. The Hall–Kier alpha value is -2.25. The fraction of sp³-hybridized carbons (Fsp3) is 0.278. The van der Waals surface area contributed by atoms with Gasteiger partial charge in [0, 0.05) is 5.56 Å². The lowest BCUT2D eigenvalue weighted by Crippen LogP contribution is -2.28. The molecule has 0 aliphatic carbocycles. The zero-order chi connectivity index (χ0) is 19.3. The van der Waals surface area contributed by atoms with Crippen molar-refractivity contribution in [1.29, 1.82) is 0 Å². The van der Waals surface area contributed by atoms with Crippen LogP contribution in [0.2, 0.25) is 5.02 Å². The van der Waals surface area contributed by atoms with Crippen molar-refractivity contribution in [1.82, 2.24) is 5.32 Å². The van der Waals surface area contributed by atoms with Crippen molar-refractivity contribution in [3.8, 4) is 5.75 Å².